The van der Waals surface area contributed by atoms with Gasteiger partial charge >= 0.3 is 5.97 Å². The summed E-state index contributed by atoms with van der Waals surface area (Å²) in [6.45, 7) is 0.763. The molecular formula is C26H21BrFN7O5. The number of Topliss-reactive ketones (excluding diaryl/α,β-unsaturated/α-hetero) is 1. The monoisotopic (exact) mass is 609 g/mol. The average Bonchev–Trinajstić information content (AvgIpc) is 3.49. The molecule has 1 saturated heterocycles. The van der Waals surface area contributed by atoms with Gasteiger partial charge in [0.25, 0.3) is 0 Å². The summed E-state index contributed by atoms with van der Waals surface area (Å²) >= 11 is 3.23. The molecule has 0 spiro atoms. The van der Waals surface area contributed by atoms with Crippen LogP contribution in [0.4, 0.5) is 10.2 Å². The largest absolute Gasteiger partial charge is 0.475 e. The first-order valence-corrected chi connectivity index (χ1v) is 12.8. The van der Waals surface area contributed by atoms with Gasteiger partial charge in [-0.2, -0.15) is 5.10 Å². The lowest BCUT2D eigenvalue weighted by Gasteiger charge is -2.23. The van der Waals surface area contributed by atoms with Crippen LogP contribution in [-0.2, 0) is 16.1 Å². The molecule has 0 bridgehead atoms. The molecule has 0 unspecified atom stereocenters. The first-order valence-electron chi connectivity index (χ1n) is 12.0. The molecular weight excluding hydrogens is 589 g/mol. The van der Waals surface area contributed by atoms with Crippen LogP contribution in [0.2, 0.25) is 0 Å². The zero-order valence-corrected chi connectivity index (χ0v) is 22.5. The van der Waals surface area contributed by atoms with Crippen molar-refractivity contribution in [3.63, 3.8) is 0 Å². The van der Waals surface area contributed by atoms with Crippen molar-refractivity contribution in [1.82, 2.24) is 29.6 Å². The Labute approximate surface area is 234 Å². The number of hydrogen-bond donors (Lipinski definition) is 2. The number of aromatic nitrogens is 5. The predicted molar refractivity (Wildman–Crippen MR) is 143 cm³/mol. The Morgan fingerprint density at radius 2 is 1.88 bits per heavy atom. The van der Waals surface area contributed by atoms with Crippen LogP contribution in [0.25, 0.3) is 22.0 Å². The highest BCUT2D eigenvalue weighted by Crippen LogP contribution is 2.28. The van der Waals surface area contributed by atoms with E-state index in [1.165, 1.54) is 28.9 Å². The summed E-state index contributed by atoms with van der Waals surface area (Å²) in [4.78, 5) is 62.7. The van der Waals surface area contributed by atoms with E-state index in [4.69, 9.17) is 5.11 Å². The number of ketones is 1. The second kappa shape index (κ2) is 10.9. The van der Waals surface area contributed by atoms with Crippen LogP contribution in [0.5, 0.6) is 0 Å². The third kappa shape index (κ3) is 5.43. The van der Waals surface area contributed by atoms with E-state index < -0.39 is 30.0 Å². The molecule has 2 amide bonds. The zero-order valence-electron chi connectivity index (χ0n) is 20.9. The van der Waals surface area contributed by atoms with Gasteiger partial charge in [-0.1, -0.05) is 12.1 Å². The fourth-order valence-electron chi connectivity index (χ4n) is 4.54. The van der Waals surface area contributed by atoms with Gasteiger partial charge in [0, 0.05) is 36.7 Å². The van der Waals surface area contributed by atoms with E-state index in [0.29, 0.717) is 26.6 Å². The average molecular weight is 610 g/mol. The number of rotatable bonds is 7. The van der Waals surface area contributed by atoms with Crippen LogP contribution < -0.4 is 5.32 Å². The van der Waals surface area contributed by atoms with Crippen molar-refractivity contribution < 1.29 is 28.7 Å². The van der Waals surface area contributed by atoms with Gasteiger partial charge in [0.05, 0.1) is 12.1 Å². The molecule has 0 aliphatic carbocycles. The number of carboxylic acid groups (broad SMARTS) is 1. The molecule has 204 valence electrons. The van der Waals surface area contributed by atoms with Gasteiger partial charge in [-0.25, -0.2) is 24.1 Å². The first-order chi connectivity index (χ1) is 19.1. The summed E-state index contributed by atoms with van der Waals surface area (Å²) in [5.74, 6) is -2.78. The number of aromatic carboxylic acids is 1. The summed E-state index contributed by atoms with van der Waals surface area (Å²) in [6.07, 6.45) is 1.18. The molecule has 5 rings (SSSR count). The molecule has 1 aliphatic heterocycles. The Kier molecular flexibility index (Phi) is 7.34. The van der Waals surface area contributed by atoms with Crippen LogP contribution in [0, 0.1) is 0 Å². The number of nitrogens with zero attached hydrogens (tertiary/aromatic N) is 6. The lowest BCUT2D eigenvalue weighted by atomic mass is 10.0. The summed E-state index contributed by atoms with van der Waals surface area (Å²) in [5, 5.41) is 16.4. The standard InChI is InChI=1S/C26H21BrFN7O5/c1-13(36)23-17-7-14(15-9-29-24(26(39)40)30-10-15)5-6-18(17)35(33-23)12-22(37)34-11-16(28)8-19(34)25(38)32-21-4-2-3-20(27)31-21/h2-7,9-10,16,19H,8,11-12H2,1H3,(H,39,40)(H,31,32,38)/t16-,19+/m1/s1. The first kappa shape index (κ1) is 27.0. The van der Waals surface area contributed by atoms with Gasteiger partial charge in [-0.05, 0) is 45.8 Å². The second-order valence-corrected chi connectivity index (χ2v) is 9.94. The van der Waals surface area contributed by atoms with Gasteiger partial charge in [-0.3, -0.25) is 19.1 Å². The smallest absolute Gasteiger partial charge is 0.373 e. The number of nitrogens with one attached hydrogen (secondary N) is 1. The number of carboxylic acids is 1. The Bertz CT molecular complexity index is 1660. The lowest BCUT2D eigenvalue weighted by molar-refractivity contribution is -0.137. The minimum Gasteiger partial charge on any atom is -0.475 e. The predicted octanol–water partition coefficient (Wildman–Crippen LogP) is 3.13. The van der Waals surface area contributed by atoms with Crippen molar-refractivity contribution in [2.24, 2.45) is 0 Å². The quantitative estimate of drug-likeness (QED) is 0.237. The minimum absolute atomic E-state index is 0.118. The molecule has 2 N–H and O–H groups in total. The molecule has 4 aromatic rings. The van der Waals surface area contributed by atoms with Crippen LogP contribution in [0.3, 0.4) is 0 Å². The molecule has 14 heteroatoms. The molecule has 12 nitrogen and oxygen atoms in total. The number of pyridine rings is 1. The Morgan fingerprint density at radius 3 is 2.55 bits per heavy atom. The van der Waals surface area contributed by atoms with E-state index in [0.717, 1.165) is 0 Å². The highest BCUT2D eigenvalue weighted by atomic mass is 79.9. The van der Waals surface area contributed by atoms with Crippen LogP contribution in [0.1, 0.15) is 34.5 Å². The van der Waals surface area contributed by atoms with Crippen molar-refractivity contribution in [2.45, 2.75) is 32.1 Å². The summed E-state index contributed by atoms with van der Waals surface area (Å²) in [5.41, 5.74) is 1.72. The van der Waals surface area contributed by atoms with Crippen molar-refractivity contribution in [3.05, 3.63) is 64.9 Å². The van der Waals surface area contributed by atoms with Gasteiger partial charge < -0.3 is 15.3 Å². The number of likely N-dealkylation sites (tertiary alicyclic amines) is 1. The highest BCUT2D eigenvalue weighted by Gasteiger charge is 2.40. The molecule has 0 radical (unpaired) electrons. The molecule has 3 aromatic heterocycles. The molecule has 1 fully saturated rings. The minimum atomic E-state index is -1.38. The van der Waals surface area contributed by atoms with E-state index in [1.807, 2.05) is 0 Å². The zero-order chi connectivity index (χ0) is 28.6. The Hall–Kier alpha value is -4.59. The fourth-order valence-corrected chi connectivity index (χ4v) is 4.89. The number of halogens is 2. The van der Waals surface area contributed by atoms with Gasteiger partial charge in [0.15, 0.2) is 5.78 Å². The maximum absolute atomic E-state index is 14.4. The summed E-state index contributed by atoms with van der Waals surface area (Å²) in [6, 6.07) is 8.94. The van der Waals surface area contributed by atoms with Crippen molar-refractivity contribution >= 4 is 56.2 Å². The molecule has 1 aliphatic rings. The third-order valence-corrected chi connectivity index (χ3v) is 6.83. The summed E-state index contributed by atoms with van der Waals surface area (Å²) < 4.78 is 16.3. The van der Waals surface area contributed by atoms with E-state index in [1.54, 1.807) is 36.4 Å². The van der Waals surface area contributed by atoms with E-state index >= 15 is 0 Å². The molecule has 40 heavy (non-hydrogen) atoms. The molecule has 1 aromatic carbocycles. The number of amides is 2. The number of carbonyl (C=O) groups is 4. The molecule has 0 saturated carbocycles. The van der Waals surface area contributed by atoms with Gasteiger partial charge in [0.2, 0.25) is 17.6 Å². The van der Waals surface area contributed by atoms with Gasteiger partial charge in [0.1, 0.15) is 34.9 Å². The van der Waals surface area contributed by atoms with Crippen LogP contribution >= 0.6 is 15.9 Å². The van der Waals surface area contributed by atoms with Crippen LogP contribution in [0.15, 0.2) is 53.4 Å². The van der Waals surface area contributed by atoms with E-state index in [2.05, 4.69) is 41.3 Å². The Balaban J connectivity index is 1.40. The Morgan fingerprint density at radius 1 is 1.12 bits per heavy atom. The second-order valence-electron chi connectivity index (χ2n) is 9.12. The maximum Gasteiger partial charge on any atom is 0.373 e. The SMILES string of the molecule is CC(=O)c1nn(CC(=O)N2C[C@H](F)C[C@H]2C(=O)Nc2cccc(Br)n2)c2ccc(-c3cnc(C(=O)O)nc3)cc12. The number of alkyl halides is 1. The number of hydrogen-bond acceptors (Lipinski definition) is 8. The number of carbonyl (C=O) groups excluding carboxylic acids is 3. The molecule has 4 heterocycles. The van der Waals surface area contributed by atoms with E-state index in [9.17, 15) is 23.6 Å². The van der Waals surface area contributed by atoms with E-state index in [-0.39, 0.29) is 42.6 Å². The number of anilines is 1. The normalized spacial score (nSPS) is 16.7. The number of benzene rings is 1. The number of fused-ring (bicyclic) bond motifs is 1. The molecule has 2 atom stereocenters. The topological polar surface area (TPSA) is 160 Å². The van der Waals surface area contributed by atoms with Crippen LogP contribution in [-0.4, -0.2) is 77.1 Å². The lowest BCUT2D eigenvalue weighted by Crippen LogP contribution is -2.44. The fraction of sp³-hybridized carbons (Fsp3) is 0.231. The maximum atomic E-state index is 14.4. The van der Waals surface area contributed by atoms with Gasteiger partial charge in [-0.15, -0.1) is 0 Å². The highest BCUT2D eigenvalue weighted by molar-refractivity contribution is 9.10. The summed E-state index contributed by atoms with van der Waals surface area (Å²) in [7, 11) is 0. The van der Waals surface area contributed by atoms with Crippen molar-refractivity contribution in [2.75, 3.05) is 11.9 Å². The third-order valence-electron chi connectivity index (χ3n) is 6.38. The van der Waals surface area contributed by atoms with Crippen molar-refractivity contribution in [1.29, 1.82) is 0 Å². The van der Waals surface area contributed by atoms with Crippen molar-refractivity contribution in [3.8, 4) is 11.1 Å².